The summed E-state index contributed by atoms with van der Waals surface area (Å²) in [4.78, 5) is 0. The van der Waals surface area contributed by atoms with E-state index >= 15 is 0 Å². The molecule has 2 rings (SSSR count). The number of hydrogen-bond donors (Lipinski definition) is 1. The highest BCUT2D eigenvalue weighted by Crippen LogP contribution is 2.33. The maximum absolute atomic E-state index is 13.5. The summed E-state index contributed by atoms with van der Waals surface area (Å²) in [5.41, 5.74) is 0.120. The van der Waals surface area contributed by atoms with Crippen LogP contribution in [0.15, 0.2) is 42.5 Å². The van der Waals surface area contributed by atoms with Crippen molar-refractivity contribution in [3.8, 4) is 11.5 Å². The van der Waals surface area contributed by atoms with Crippen molar-refractivity contribution in [2.45, 2.75) is 18.9 Å². The van der Waals surface area contributed by atoms with Crippen molar-refractivity contribution < 1.29 is 19.0 Å². The highest BCUT2D eigenvalue weighted by molar-refractivity contribution is 5.39. The fraction of sp³-hybridized carbons (Fsp3) is 0.294. The molecule has 2 aromatic carbocycles. The van der Waals surface area contributed by atoms with E-state index in [1.165, 1.54) is 25.3 Å². The quantitative estimate of drug-likeness (QED) is 0.918. The Morgan fingerprint density at radius 2 is 1.71 bits per heavy atom. The lowest BCUT2D eigenvalue weighted by atomic mass is 9.88. The summed E-state index contributed by atoms with van der Waals surface area (Å²) in [6.07, 6.45) is 0.344. The van der Waals surface area contributed by atoms with Crippen molar-refractivity contribution in [1.82, 2.24) is 0 Å². The molecule has 3 nitrogen and oxygen atoms in total. The molecule has 0 radical (unpaired) electrons. The van der Waals surface area contributed by atoms with Crippen molar-refractivity contribution in [2.75, 3.05) is 14.2 Å². The van der Waals surface area contributed by atoms with Crippen LogP contribution in [0.1, 0.15) is 18.1 Å². The fourth-order valence-corrected chi connectivity index (χ4v) is 2.34. The first-order valence-corrected chi connectivity index (χ1v) is 6.65. The van der Waals surface area contributed by atoms with E-state index in [9.17, 15) is 9.50 Å². The predicted octanol–water partition coefficient (Wildman–Crippen LogP) is 3.29. The van der Waals surface area contributed by atoms with Gasteiger partial charge in [0.2, 0.25) is 0 Å². The number of hydrogen-bond acceptors (Lipinski definition) is 3. The molecule has 0 spiro atoms. The Hall–Kier alpha value is -2.07. The fourth-order valence-electron chi connectivity index (χ4n) is 2.34. The van der Waals surface area contributed by atoms with Gasteiger partial charge in [0.25, 0.3) is 0 Å². The zero-order valence-corrected chi connectivity index (χ0v) is 12.4. The molecule has 1 unspecified atom stereocenters. The van der Waals surface area contributed by atoms with Crippen LogP contribution in [0.5, 0.6) is 11.5 Å². The molecule has 0 fully saturated rings. The van der Waals surface area contributed by atoms with E-state index in [-0.39, 0.29) is 0 Å². The molecule has 1 atom stereocenters. The number of ether oxygens (including phenoxy) is 2. The molecule has 0 bridgehead atoms. The Morgan fingerprint density at radius 1 is 1.05 bits per heavy atom. The molecule has 0 aromatic heterocycles. The van der Waals surface area contributed by atoms with Crippen LogP contribution in [-0.2, 0) is 12.0 Å². The molecule has 4 heteroatoms. The van der Waals surface area contributed by atoms with E-state index < -0.39 is 11.4 Å². The zero-order valence-electron chi connectivity index (χ0n) is 12.4. The SMILES string of the molecule is COc1ccc(CC(C)(O)c2cc(F)ccc2OC)cc1. The van der Waals surface area contributed by atoms with Crippen LogP contribution in [0.4, 0.5) is 4.39 Å². The van der Waals surface area contributed by atoms with Crippen molar-refractivity contribution in [3.63, 3.8) is 0 Å². The molecule has 0 saturated carbocycles. The number of rotatable bonds is 5. The van der Waals surface area contributed by atoms with Gasteiger partial charge in [0.1, 0.15) is 17.3 Å². The number of methoxy groups -OCH3 is 2. The lowest BCUT2D eigenvalue weighted by molar-refractivity contribution is 0.0546. The second-order valence-electron chi connectivity index (χ2n) is 5.14. The van der Waals surface area contributed by atoms with Gasteiger partial charge in [-0.1, -0.05) is 12.1 Å². The van der Waals surface area contributed by atoms with Gasteiger partial charge >= 0.3 is 0 Å². The topological polar surface area (TPSA) is 38.7 Å². The molecule has 21 heavy (non-hydrogen) atoms. The van der Waals surface area contributed by atoms with Crippen LogP contribution in [0.2, 0.25) is 0 Å². The van der Waals surface area contributed by atoms with E-state index in [0.29, 0.717) is 17.7 Å². The van der Waals surface area contributed by atoms with Crippen LogP contribution in [0.25, 0.3) is 0 Å². The average molecular weight is 290 g/mol. The Bertz CT molecular complexity index is 606. The van der Waals surface area contributed by atoms with Gasteiger partial charge in [-0.25, -0.2) is 4.39 Å². The van der Waals surface area contributed by atoms with Gasteiger partial charge in [0.05, 0.1) is 19.8 Å². The third-order valence-corrected chi connectivity index (χ3v) is 3.45. The summed E-state index contributed by atoms with van der Waals surface area (Å²) in [5, 5.41) is 10.7. The van der Waals surface area contributed by atoms with Gasteiger partial charge in [0, 0.05) is 12.0 Å². The molecule has 0 saturated heterocycles. The second-order valence-corrected chi connectivity index (χ2v) is 5.14. The molecule has 0 aliphatic rings. The van der Waals surface area contributed by atoms with Gasteiger partial charge in [-0.05, 0) is 42.8 Å². The Morgan fingerprint density at radius 3 is 2.29 bits per heavy atom. The number of aliphatic hydroxyl groups is 1. The largest absolute Gasteiger partial charge is 0.497 e. The summed E-state index contributed by atoms with van der Waals surface area (Å²) in [7, 11) is 3.10. The molecule has 0 aliphatic heterocycles. The van der Waals surface area contributed by atoms with Crippen molar-refractivity contribution in [1.29, 1.82) is 0 Å². The van der Waals surface area contributed by atoms with Gasteiger partial charge in [-0.15, -0.1) is 0 Å². The number of benzene rings is 2. The third-order valence-electron chi connectivity index (χ3n) is 3.45. The molecule has 112 valence electrons. The molecule has 2 aromatic rings. The molecule has 1 N–H and O–H groups in total. The van der Waals surface area contributed by atoms with Crippen molar-refractivity contribution in [2.24, 2.45) is 0 Å². The van der Waals surface area contributed by atoms with Crippen LogP contribution in [-0.4, -0.2) is 19.3 Å². The molecule has 0 aliphatic carbocycles. The highest BCUT2D eigenvalue weighted by Gasteiger charge is 2.27. The minimum Gasteiger partial charge on any atom is -0.497 e. The Labute approximate surface area is 124 Å². The van der Waals surface area contributed by atoms with Crippen LogP contribution in [0.3, 0.4) is 0 Å². The van der Waals surface area contributed by atoms with E-state index in [1.807, 2.05) is 24.3 Å². The van der Waals surface area contributed by atoms with E-state index in [0.717, 1.165) is 11.3 Å². The third kappa shape index (κ3) is 3.52. The summed E-state index contributed by atoms with van der Waals surface area (Å²) >= 11 is 0. The zero-order chi connectivity index (χ0) is 15.5. The summed E-state index contributed by atoms with van der Waals surface area (Å²) in [6, 6.07) is 11.5. The minimum atomic E-state index is -1.23. The Balaban J connectivity index is 2.30. The highest BCUT2D eigenvalue weighted by atomic mass is 19.1. The minimum absolute atomic E-state index is 0.344. The maximum Gasteiger partial charge on any atom is 0.125 e. The van der Waals surface area contributed by atoms with Crippen LogP contribution in [0, 0.1) is 5.82 Å². The molecular formula is C17H19FO3. The average Bonchev–Trinajstić information content (AvgIpc) is 2.47. The normalized spacial score (nSPS) is 13.6. The Kier molecular flexibility index (Phi) is 4.48. The first-order valence-electron chi connectivity index (χ1n) is 6.65. The predicted molar refractivity (Wildman–Crippen MR) is 79.2 cm³/mol. The second kappa shape index (κ2) is 6.14. The van der Waals surface area contributed by atoms with Crippen molar-refractivity contribution in [3.05, 3.63) is 59.4 Å². The van der Waals surface area contributed by atoms with Crippen molar-refractivity contribution >= 4 is 0 Å². The lowest BCUT2D eigenvalue weighted by Crippen LogP contribution is -2.25. The smallest absolute Gasteiger partial charge is 0.125 e. The maximum atomic E-state index is 13.5. The lowest BCUT2D eigenvalue weighted by Gasteiger charge is -2.26. The molecular weight excluding hydrogens is 271 g/mol. The van der Waals surface area contributed by atoms with Gasteiger partial charge in [0.15, 0.2) is 0 Å². The standard InChI is InChI=1S/C17H19FO3/c1-17(19,11-12-4-7-14(20-2)8-5-12)15-10-13(18)6-9-16(15)21-3/h4-10,19H,11H2,1-3H3. The van der Waals surface area contributed by atoms with Gasteiger partial charge < -0.3 is 14.6 Å². The first-order chi connectivity index (χ1) is 9.96. The molecule has 0 heterocycles. The summed E-state index contributed by atoms with van der Waals surface area (Å²) in [6.45, 7) is 1.65. The first kappa shape index (κ1) is 15.3. The van der Waals surface area contributed by atoms with Gasteiger partial charge in [-0.2, -0.15) is 0 Å². The van der Waals surface area contributed by atoms with Crippen LogP contribution >= 0.6 is 0 Å². The summed E-state index contributed by atoms with van der Waals surface area (Å²) < 4.78 is 23.8. The number of halogens is 1. The molecule has 0 amide bonds. The van der Waals surface area contributed by atoms with Crippen LogP contribution < -0.4 is 9.47 Å². The summed E-state index contributed by atoms with van der Waals surface area (Å²) in [5.74, 6) is 0.817. The van der Waals surface area contributed by atoms with E-state index in [1.54, 1.807) is 14.0 Å². The van der Waals surface area contributed by atoms with Gasteiger partial charge in [-0.3, -0.25) is 0 Å². The van der Waals surface area contributed by atoms with E-state index in [4.69, 9.17) is 9.47 Å². The monoisotopic (exact) mass is 290 g/mol. The van der Waals surface area contributed by atoms with E-state index in [2.05, 4.69) is 0 Å².